The van der Waals surface area contributed by atoms with Gasteiger partial charge in [0.15, 0.2) is 0 Å². The summed E-state index contributed by atoms with van der Waals surface area (Å²) in [5.74, 6) is 1.11. The molecule has 20 heavy (non-hydrogen) atoms. The first-order valence-electron chi connectivity index (χ1n) is 6.38. The van der Waals surface area contributed by atoms with Crippen molar-refractivity contribution in [3.8, 4) is 5.75 Å². The van der Waals surface area contributed by atoms with Crippen molar-refractivity contribution in [3.05, 3.63) is 22.5 Å². The van der Waals surface area contributed by atoms with Gasteiger partial charge in [-0.1, -0.05) is 0 Å². The largest absolute Gasteiger partial charge is 0.493 e. The molecular formula is C14H15N3OS2. The minimum Gasteiger partial charge on any atom is -0.493 e. The molecule has 3 N–H and O–H groups in total. The molecule has 0 aliphatic carbocycles. The minimum absolute atomic E-state index is 0.211. The quantitative estimate of drug-likeness (QED) is 0.426. The molecule has 2 heterocycles. The number of nitrogens with one attached hydrogen (secondary N) is 1. The van der Waals surface area contributed by atoms with Gasteiger partial charge in [-0.2, -0.15) is 0 Å². The molecule has 0 spiro atoms. The van der Waals surface area contributed by atoms with Gasteiger partial charge in [0.2, 0.25) is 0 Å². The van der Waals surface area contributed by atoms with Crippen molar-refractivity contribution in [2.45, 2.75) is 19.8 Å². The summed E-state index contributed by atoms with van der Waals surface area (Å²) in [6.07, 6.45) is 1.34. The van der Waals surface area contributed by atoms with Crippen molar-refractivity contribution in [2.24, 2.45) is 5.73 Å². The third kappa shape index (κ3) is 2.48. The standard InChI is InChI=1S/C14H15N3OS2/c1-8-17-13-11(20-8)7-10(9-4-6-19-14(9)13)18-5-2-3-12(15)16/h4,6-7H,2-3,5H2,1H3,(H3,15,16). The zero-order valence-electron chi connectivity index (χ0n) is 11.1. The van der Waals surface area contributed by atoms with Crippen LogP contribution < -0.4 is 10.5 Å². The third-order valence-corrected chi connectivity index (χ3v) is 4.86. The Balaban J connectivity index is 1.92. The smallest absolute Gasteiger partial charge is 0.129 e. The van der Waals surface area contributed by atoms with Crippen LogP contribution in [0.15, 0.2) is 17.5 Å². The molecule has 0 fully saturated rings. The minimum atomic E-state index is 0.211. The van der Waals surface area contributed by atoms with Crippen LogP contribution in [0.25, 0.3) is 20.3 Å². The first-order chi connectivity index (χ1) is 9.65. The molecule has 1 aromatic carbocycles. The lowest BCUT2D eigenvalue weighted by Crippen LogP contribution is -2.11. The van der Waals surface area contributed by atoms with E-state index in [1.54, 1.807) is 22.7 Å². The molecule has 0 saturated carbocycles. The van der Waals surface area contributed by atoms with E-state index >= 15 is 0 Å². The Hall–Kier alpha value is -1.66. The van der Waals surface area contributed by atoms with Crippen LogP contribution in [-0.4, -0.2) is 17.4 Å². The molecule has 6 heteroatoms. The zero-order valence-corrected chi connectivity index (χ0v) is 12.7. The highest BCUT2D eigenvalue weighted by Crippen LogP contribution is 2.38. The Morgan fingerprint density at radius 1 is 1.50 bits per heavy atom. The van der Waals surface area contributed by atoms with Crippen molar-refractivity contribution in [3.63, 3.8) is 0 Å². The number of hydrogen-bond donors (Lipinski definition) is 2. The van der Waals surface area contributed by atoms with E-state index in [0.29, 0.717) is 13.0 Å². The molecule has 4 nitrogen and oxygen atoms in total. The second-order valence-electron chi connectivity index (χ2n) is 4.59. The lowest BCUT2D eigenvalue weighted by molar-refractivity contribution is 0.317. The highest BCUT2D eigenvalue weighted by molar-refractivity contribution is 7.21. The second-order valence-corrected chi connectivity index (χ2v) is 6.75. The van der Waals surface area contributed by atoms with E-state index in [9.17, 15) is 0 Å². The topological polar surface area (TPSA) is 72.0 Å². The van der Waals surface area contributed by atoms with Crippen LogP contribution in [0.5, 0.6) is 5.75 Å². The van der Waals surface area contributed by atoms with E-state index in [4.69, 9.17) is 15.9 Å². The zero-order chi connectivity index (χ0) is 14.1. The van der Waals surface area contributed by atoms with Gasteiger partial charge in [-0.3, -0.25) is 5.41 Å². The van der Waals surface area contributed by atoms with Crippen LogP contribution in [0.4, 0.5) is 0 Å². The number of aromatic nitrogens is 1. The SMILES string of the molecule is Cc1nc2c(cc(OCCCC(=N)N)c3ccsc32)s1. The van der Waals surface area contributed by atoms with Gasteiger partial charge < -0.3 is 10.5 Å². The molecule has 2 aromatic heterocycles. The van der Waals surface area contributed by atoms with Crippen molar-refractivity contribution < 1.29 is 4.74 Å². The van der Waals surface area contributed by atoms with E-state index in [1.807, 2.05) is 6.92 Å². The van der Waals surface area contributed by atoms with Crippen LogP contribution >= 0.6 is 22.7 Å². The van der Waals surface area contributed by atoms with Gasteiger partial charge in [0.25, 0.3) is 0 Å². The molecule has 0 radical (unpaired) electrons. The van der Waals surface area contributed by atoms with E-state index in [0.717, 1.165) is 28.1 Å². The van der Waals surface area contributed by atoms with Gasteiger partial charge in [-0.05, 0) is 24.8 Å². The number of benzene rings is 1. The number of thiophene rings is 1. The molecule has 104 valence electrons. The Morgan fingerprint density at radius 2 is 2.35 bits per heavy atom. The molecule has 0 aliphatic rings. The first kappa shape index (κ1) is 13.3. The van der Waals surface area contributed by atoms with Gasteiger partial charge in [0.05, 0.1) is 32.4 Å². The summed E-state index contributed by atoms with van der Waals surface area (Å²) < 4.78 is 8.23. The summed E-state index contributed by atoms with van der Waals surface area (Å²) in [4.78, 5) is 4.60. The number of thiazole rings is 1. The van der Waals surface area contributed by atoms with Crippen LogP contribution in [0, 0.1) is 12.3 Å². The Morgan fingerprint density at radius 3 is 3.15 bits per heavy atom. The lowest BCUT2D eigenvalue weighted by atomic mass is 10.2. The molecule has 3 rings (SSSR count). The third-order valence-electron chi connectivity index (χ3n) is 3.02. The average molecular weight is 305 g/mol. The van der Waals surface area contributed by atoms with Gasteiger partial charge in [-0.25, -0.2) is 4.98 Å². The fourth-order valence-corrected chi connectivity index (χ4v) is 3.98. The number of rotatable bonds is 5. The molecule has 0 amide bonds. The molecule has 0 saturated heterocycles. The number of amidine groups is 1. The summed E-state index contributed by atoms with van der Waals surface area (Å²) in [6.45, 7) is 2.60. The molecular weight excluding hydrogens is 290 g/mol. The van der Waals surface area contributed by atoms with E-state index in [2.05, 4.69) is 22.5 Å². The monoisotopic (exact) mass is 305 g/mol. The fraction of sp³-hybridized carbons (Fsp3) is 0.286. The maximum absolute atomic E-state index is 7.21. The maximum atomic E-state index is 7.21. The van der Waals surface area contributed by atoms with Gasteiger partial charge in [0.1, 0.15) is 5.75 Å². The highest BCUT2D eigenvalue weighted by atomic mass is 32.1. The van der Waals surface area contributed by atoms with E-state index < -0.39 is 0 Å². The number of fused-ring (bicyclic) bond motifs is 3. The Bertz CT molecular complexity index is 775. The molecule has 0 atom stereocenters. The Labute approximate surface area is 124 Å². The molecule has 3 aromatic rings. The van der Waals surface area contributed by atoms with E-state index in [1.165, 1.54) is 9.40 Å². The highest BCUT2D eigenvalue weighted by Gasteiger charge is 2.12. The van der Waals surface area contributed by atoms with Crippen LogP contribution in [0.3, 0.4) is 0 Å². The number of nitrogens with zero attached hydrogens (tertiary/aromatic N) is 1. The molecule has 0 bridgehead atoms. The molecule has 0 unspecified atom stereocenters. The second kappa shape index (κ2) is 5.38. The number of hydrogen-bond acceptors (Lipinski definition) is 5. The van der Waals surface area contributed by atoms with Gasteiger partial charge >= 0.3 is 0 Å². The average Bonchev–Trinajstić information content (AvgIpc) is 2.99. The van der Waals surface area contributed by atoms with Crippen molar-refractivity contribution in [1.29, 1.82) is 5.41 Å². The van der Waals surface area contributed by atoms with Gasteiger partial charge in [-0.15, -0.1) is 22.7 Å². The predicted octanol–water partition coefficient (Wildman–Crippen LogP) is 3.91. The summed E-state index contributed by atoms with van der Waals surface area (Å²) >= 11 is 3.39. The van der Waals surface area contributed by atoms with Crippen molar-refractivity contribution in [1.82, 2.24) is 4.98 Å². The lowest BCUT2D eigenvalue weighted by Gasteiger charge is -2.07. The van der Waals surface area contributed by atoms with E-state index in [-0.39, 0.29) is 5.84 Å². The number of nitrogens with two attached hydrogens (primary N) is 1. The fourth-order valence-electron chi connectivity index (χ4n) is 2.15. The Kier molecular flexibility index (Phi) is 3.58. The van der Waals surface area contributed by atoms with Crippen LogP contribution in [0.2, 0.25) is 0 Å². The predicted molar refractivity (Wildman–Crippen MR) is 86.4 cm³/mol. The van der Waals surface area contributed by atoms with Crippen LogP contribution in [-0.2, 0) is 0 Å². The number of ether oxygens (including phenoxy) is 1. The van der Waals surface area contributed by atoms with Crippen molar-refractivity contribution >= 4 is 48.8 Å². The van der Waals surface area contributed by atoms with Crippen molar-refractivity contribution in [2.75, 3.05) is 6.61 Å². The van der Waals surface area contributed by atoms with Gasteiger partial charge in [0, 0.05) is 17.9 Å². The summed E-state index contributed by atoms with van der Waals surface area (Å²) in [6, 6.07) is 4.15. The van der Waals surface area contributed by atoms with Crippen LogP contribution in [0.1, 0.15) is 17.8 Å². The summed E-state index contributed by atoms with van der Waals surface area (Å²) in [5, 5.41) is 11.5. The first-order valence-corrected chi connectivity index (χ1v) is 8.08. The maximum Gasteiger partial charge on any atom is 0.129 e. The summed E-state index contributed by atoms with van der Waals surface area (Å²) in [7, 11) is 0. The number of aryl methyl sites for hydroxylation is 1. The normalized spacial score (nSPS) is 11.2. The summed E-state index contributed by atoms with van der Waals surface area (Å²) in [5.41, 5.74) is 6.42. The molecule has 0 aliphatic heterocycles.